The first-order valence-corrected chi connectivity index (χ1v) is 4.62. The Kier molecular flexibility index (Phi) is 15.9. The number of hydrogen-bond acceptors (Lipinski definition) is 3. The van der Waals surface area contributed by atoms with E-state index in [4.69, 9.17) is 15.0 Å². The third-order valence-corrected chi connectivity index (χ3v) is 1.17. The number of carbonyl (C=O) groups excluding carboxylic acids is 2. The molecule has 0 saturated heterocycles. The Morgan fingerprint density at radius 1 is 1.13 bits per heavy atom. The second kappa shape index (κ2) is 11.8. The summed E-state index contributed by atoms with van der Waals surface area (Å²) in [6.07, 6.45) is -0.220. The molecule has 0 aliphatic heterocycles. The normalized spacial score (nSPS) is 12.7. The van der Waals surface area contributed by atoms with Gasteiger partial charge in [0.1, 0.15) is 5.78 Å². The molecule has 5 heteroatoms. The van der Waals surface area contributed by atoms with Gasteiger partial charge in [-0.15, -0.1) is 0 Å². The minimum atomic E-state index is -0.475. The van der Waals surface area contributed by atoms with E-state index in [1.54, 1.807) is 20.8 Å². The molecule has 0 spiro atoms. The molecule has 0 saturated carbocycles. The van der Waals surface area contributed by atoms with Gasteiger partial charge >= 0.3 is 0 Å². The van der Waals surface area contributed by atoms with Crippen LogP contribution in [0.2, 0.25) is 0 Å². The van der Waals surface area contributed by atoms with Crippen LogP contribution in [0, 0.1) is 0 Å². The van der Waals surface area contributed by atoms with Gasteiger partial charge in [-0.2, -0.15) is 0 Å². The van der Waals surface area contributed by atoms with Crippen molar-refractivity contribution in [3.05, 3.63) is 0 Å². The topological polar surface area (TPSA) is 78.9 Å². The summed E-state index contributed by atoms with van der Waals surface area (Å²) in [5.41, 5.74) is 0. The summed E-state index contributed by atoms with van der Waals surface area (Å²) in [4.78, 5) is 18.6. The van der Waals surface area contributed by atoms with E-state index in [-0.39, 0.29) is 34.5 Å². The summed E-state index contributed by atoms with van der Waals surface area (Å²) < 4.78 is 0. The van der Waals surface area contributed by atoms with Gasteiger partial charge in [-0.1, -0.05) is 0 Å². The molecule has 4 nitrogen and oxygen atoms in total. The van der Waals surface area contributed by atoms with E-state index in [1.165, 1.54) is 6.92 Å². The van der Waals surface area contributed by atoms with Gasteiger partial charge in [0.15, 0.2) is 0 Å². The SMILES string of the molecule is CC(=O)CC(C)O.CC(=[OH+])CC(C)O.[Ni]. The molecule has 0 aliphatic rings. The number of aliphatic hydroxyl groups excluding tert-OH is 2. The van der Waals surface area contributed by atoms with E-state index >= 15 is 0 Å². The number of hydrogen-bond donors (Lipinski definition) is 2. The predicted molar refractivity (Wildman–Crippen MR) is 55.9 cm³/mol. The van der Waals surface area contributed by atoms with Gasteiger partial charge in [-0.25, -0.2) is 0 Å². The van der Waals surface area contributed by atoms with Crippen molar-refractivity contribution in [3.63, 3.8) is 0 Å². The van der Waals surface area contributed by atoms with Gasteiger partial charge in [0.05, 0.1) is 18.6 Å². The Balaban J connectivity index is -0.000000180. The summed E-state index contributed by atoms with van der Waals surface area (Å²) in [5.74, 6) is 0.324. The van der Waals surface area contributed by atoms with E-state index in [2.05, 4.69) is 0 Å². The number of Topliss-reactive ketones (excluding diaryl/α,β-unsaturated/α-hetero) is 1. The molecule has 0 aromatic rings. The average molecular weight is 264 g/mol. The van der Waals surface area contributed by atoms with Crippen molar-refractivity contribution in [2.75, 3.05) is 0 Å². The van der Waals surface area contributed by atoms with Crippen molar-refractivity contribution in [2.45, 2.75) is 52.7 Å². The number of carbonyl (C=O) groups is 1. The zero-order valence-corrected chi connectivity index (χ0v) is 10.6. The van der Waals surface area contributed by atoms with Crippen LogP contribution in [0.1, 0.15) is 40.5 Å². The minimum absolute atomic E-state index is 0. The van der Waals surface area contributed by atoms with Crippen molar-refractivity contribution in [3.8, 4) is 0 Å². The van der Waals surface area contributed by atoms with E-state index in [0.717, 1.165) is 0 Å². The predicted octanol–water partition coefficient (Wildman–Crippen LogP) is 0.666. The zero-order valence-electron chi connectivity index (χ0n) is 9.64. The van der Waals surface area contributed by atoms with Crippen molar-refractivity contribution >= 4 is 11.6 Å². The van der Waals surface area contributed by atoms with Gasteiger partial charge in [-0.3, -0.25) is 9.59 Å². The molecule has 0 aromatic heterocycles. The molecule has 3 N–H and O–H groups in total. The van der Waals surface area contributed by atoms with E-state index < -0.39 is 12.2 Å². The maximum absolute atomic E-state index is 10.1. The van der Waals surface area contributed by atoms with Crippen molar-refractivity contribution in [1.82, 2.24) is 0 Å². The molecule has 0 bridgehead atoms. The molecule has 0 heterocycles. The number of rotatable bonds is 4. The summed E-state index contributed by atoms with van der Waals surface area (Å²) in [6.45, 7) is 6.28. The standard InChI is InChI=1S/2C5H10O2.Ni/c2*1-4(6)3-5(2)7;/h2*4,6H,3H2,1-2H3;/p+1. The maximum atomic E-state index is 10.1. The van der Waals surface area contributed by atoms with E-state index in [9.17, 15) is 4.79 Å². The fraction of sp³-hybridized carbons (Fsp3) is 0.800. The Morgan fingerprint density at radius 3 is 1.47 bits per heavy atom. The fourth-order valence-electron chi connectivity index (χ4n) is 0.844. The molecule has 2 unspecified atom stereocenters. The number of ketones is 2. The third-order valence-electron chi connectivity index (χ3n) is 1.17. The van der Waals surface area contributed by atoms with Gasteiger partial charge in [-0.05, 0) is 20.8 Å². The Labute approximate surface area is 101 Å². The summed E-state index contributed by atoms with van der Waals surface area (Å²) >= 11 is 0. The fourth-order valence-corrected chi connectivity index (χ4v) is 0.844. The molecule has 94 valence electrons. The van der Waals surface area contributed by atoms with Crippen LogP contribution < -0.4 is 0 Å². The molecular weight excluding hydrogens is 243 g/mol. The molecule has 0 fully saturated rings. The first-order chi connectivity index (χ1) is 6.25. The molecule has 2 atom stereocenters. The van der Waals surface area contributed by atoms with Crippen molar-refractivity contribution in [1.29, 1.82) is 0 Å². The second-order valence-electron chi connectivity index (χ2n) is 3.54. The molecule has 0 rings (SSSR count). The molecule has 0 radical (unpaired) electrons. The Hall–Kier alpha value is -0.246. The summed E-state index contributed by atoms with van der Waals surface area (Å²) in [7, 11) is 0. The van der Waals surface area contributed by atoms with Crippen LogP contribution in [0.25, 0.3) is 0 Å². The van der Waals surface area contributed by atoms with Crippen LogP contribution in [-0.4, -0.2) is 38.8 Å². The Bertz CT molecular complexity index is 158. The maximum Gasteiger partial charge on any atom is 0.292 e. The quantitative estimate of drug-likeness (QED) is 0.578. The third kappa shape index (κ3) is 31.6. The van der Waals surface area contributed by atoms with Crippen LogP contribution in [0.4, 0.5) is 0 Å². The molecule has 15 heavy (non-hydrogen) atoms. The van der Waals surface area contributed by atoms with Crippen molar-refractivity contribution < 1.29 is 36.3 Å². The molecule has 0 aliphatic carbocycles. The largest absolute Gasteiger partial charge is 0.393 e. The van der Waals surface area contributed by atoms with Gasteiger partial charge in [0.25, 0.3) is 5.78 Å². The van der Waals surface area contributed by atoms with Crippen LogP contribution in [0.15, 0.2) is 0 Å². The average Bonchev–Trinajstić information content (AvgIpc) is 1.79. The monoisotopic (exact) mass is 263 g/mol. The molecule has 0 aromatic carbocycles. The minimum Gasteiger partial charge on any atom is -0.393 e. The first kappa shape index (κ1) is 20.2. The summed E-state index contributed by atoms with van der Waals surface area (Å²) in [6, 6.07) is 0. The van der Waals surface area contributed by atoms with Crippen LogP contribution in [0.5, 0.6) is 0 Å². The van der Waals surface area contributed by atoms with Gasteiger partial charge < -0.3 is 10.2 Å². The van der Waals surface area contributed by atoms with Crippen LogP contribution in [-0.2, 0) is 21.3 Å². The second-order valence-corrected chi connectivity index (χ2v) is 3.54. The first-order valence-electron chi connectivity index (χ1n) is 4.62. The van der Waals surface area contributed by atoms with E-state index in [0.29, 0.717) is 6.42 Å². The number of aliphatic hydroxyl groups is 2. The smallest absolute Gasteiger partial charge is 0.292 e. The van der Waals surface area contributed by atoms with E-state index in [1.807, 2.05) is 0 Å². The van der Waals surface area contributed by atoms with Gasteiger partial charge in [0, 0.05) is 29.8 Å². The summed E-state index contributed by atoms with van der Waals surface area (Å²) in [5, 5.41) is 17.0. The molecule has 0 amide bonds. The Morgan fingerprint density at radius 2 is 1.47 bits per heavy atom. The zero-order chi connectivity index (χ0) is 11.7. The van der Waals surface area contributed by atoms with Gasteiger partial charge in [0.2, 0.25) is 0 Å². The molecular formula is C10H21NiO4+. The van der Waals surface area contributed by atoms with Crippen LogP contribution >= 0.6 is 0 Å². The van der Waals surface area contributed by atoms with Crippen LogP contribution in [0.3, 0.4) is 0 Å². The van der Waals surface area contributed by atoms with Crippen molar-refractivity contribution in [2.24, 2.45) is 0 Å².